The van der Waals surface area contributed by atoms with E-state index in [-0.39, 0.29) is 49.9 Å². The van der Waals surface area contributed by atoms with Gasteiger partial charge in [-0.3, -0.25) is 47.9 Å². The topological polar surface area (TPSA) is 392 Å². The van der Waals surface area contributed by atoms with Crippen LogP contribution < -0.4 is 53.6 Å². The van der Waals surface area contributed by atoms with E-state index < -0.39 is 170 Å². The number of hydrogen-bond acceptors (Lipinski definition) is 15. The van der Waals surface area contributed by atoms with Crippen molar-refractivity contribution in [2.24, 2.45) is 35.3 Å². The summed E-state index contributed by atoms with van der Waals surface area (Å²) in [6, 6.07) is -13.9. The van der Waals surface area contributed by atoms with E-state index in [4.69, 9.17) is 10.5 Å². The number of esters is 1. The number of cyclic esters (lactones) is 1. The van der Waals surface area contributed by atoms with Gasteiger partial charge in [0.1, 0.15) is 60.5 Å². The number of amides is 10. The number of ether oxygens (including phenoxy) is 1. The predicted octanol–water partition coefficient (Wildman–Crippen LogP) is -0.503. The van der Waals surface area contributed by atoms with Crippen LogP contribution >= 0.6 is 0 Å². The minimum absolute atomic E-state index is 0.00447. The van der Waals surface area contributed by atoms with E-state index in [9.17, 15) is 68.1 Å². The van der Waals surface area contributed by atoms with Crippen molar-refractivity contribution in [2.45, 2.75) is 233 Å². The number of nitrogens with one attached hydrogen (secondary N) is 9. The Labute approximate surface area is 466 Å². The molecule has 25 nitrogen and oxygen atoms in total. The van der Waals surface area contributed by atoms with Crippen molar-refractivity contribution in [1.82, 2.24) is 47.9 Å². The van der Waals surface area contributed by atoms with Gasteiger partial charge in [0, 0.05) is 6.42 Å². The standard InChI is InChI=1S/C54H96N10O15/c1-13-15-16-17-18-19-34(67)25-42(69)56-36(22-28(3)4)47(71)57-35(20-21-41(55)68)46(70)64-45-33(12)79-54(78)44(32(11)14-2)63-51(75)40(27-66)61-48(72)37(23-29(5)6)58-50(74)39(26-65)60-49(73)38(24-30(7)8)59-52(76)43(31(9)10)62-53(45)77/h28-40,43-45,65-67H,13-27H2,1-12H3,(H2,55,68)(H,56,69)(H,57,71)(H,58,74)(H,59,76)(H,60,73)(H,61,72)(H,62,77)(H,63,75)(H,64,70)/t32-,33+,34+,35+,36-,37-,38+,39+,40+,43+,44-,45+/m0/s1. The monoisotopic (exact) mass is 1120 g/mol. The van der Waals surface area contributed by atoms with Crippen molar-refractivity contribution in [1.29, 1.82) is 0 Å². The highest BCUT2D eigenvalue weighted by Gasteiger charge is 2.40. The van der Waals surface area contributed by atoms with Crippen molar-refractivity contribution in [3.63, 3.8) is 0 Å². The van der Waals surface area contributed by atoms with Crippen LogP contribution in [0.4, 0.5) is 0 Å². The summed E-state index contributed by atoms with van der Waals surface area (Å²) in [5.74, 6) is -12.6. The van der Waals surface area contributed by atoms with Gasteiger partial charge < -0.3 is 73.6 Å². The Kier molecular flexibility index (Phi) is 32.7. The van der Waals surface area contributed by atoms with E-state index in [2.05, 4.69) is 54.8 Å². The quantitative estimate of drug-likeness (QED) is 0.0364. The molecule has 1 fully saturated rings. The molecule has 0 aromatic heterocycles. The zero-order valence-electron chi connectivity index (χ0n) is 48.7. The van der Waals surface area contributed by atoms with Crippen LogP contribution in [0.5, 0.6) is 0 Å². The number of primary amides is 1. The van der Waals surface area contributed by atoms with Crippen LogP contribution in [-0.2, 0) is 57.5 Å². The first-order chi connectivity index (χ1) is 37.0. The summed E-state index contributed by atoms with van der Waals surface area (Å²) >= 11 is 0. The summed E-state index contributed by atoms with van der Waals surface area (Å²) in [5.41, 5.74) is 5.49. The van der Waals surface area contributed by atoms with Gasteiger partial charge >= 0.3 is 5.97 Å². The summed E-state index contributed by atoms with van der Waals surface area (Å²) < 4.78 is 5.84. The van der Waals surface area contributed by atoms with Gasteiger partial charge in [-0.25, -0.2) is 4.79 Å². The van der Waals surface area contributed by atoms with E-state index in [0.29, 0.717) is 12.8 Å². The molecule has 10 amide bonds. The lowest BCUT2D eigenvalue weighted by atomic mass is 9.98. The van der Waals surface area contributed by atoms with Gasteiger partial charge in [0.25, 0.3) is 0 Å². The molecule has 1 aliphatic heterocycles. The summed E-state index contributed by atoms with van der Waals surface area (Å²) in [4.78, 5) is 152. The van der Waals surface area contributed by atoms with Crippen LogP contribution in [-0.4, -0.2) is 160 Å². The highest BCUT2D eigenvalue weighted by molar-refractivity contribution is 5.99. The fourth-order valence-electron chi connectivity index (χ4n) is 8.63. The van der Waals surface area contributed by atoms with Gasteiger partial charge in [-0.15, -0.1) is 0 Å². The van der Waals surface area contributed by atoms with E-state index >= 15 is 0 Å². The molecule has 1 saturated heterocycles. The average molecular weight is 1130 g/mol. The van der Waals surface area contributed by atoms with Gasteiger partial charge in [0.2, 0.25) is 59.1 Å². The second-order valence-electron chi connectivity index (χ2n) is 22.5. The molecule has 0 radical (unpaired) electrons. The van der Waals surface area contributed by atoms with Gasteiger partial charge in [0.15, 0.2) is 0 Å². The maximum atomic E-state index is 14.7. The zero-order valence-corrected chi connectivity index (χ0v) is 48.7. The Balaban J connectivity index is 3.99. The van der Waals surface area contributed by atoms with Crippen molar-refractivity contribution in [2.75, 3.05) is 13.2 Å². The number of aliphatic hydroxyl groups is 3. The molecule has 12 atom stereocenters. The Morgan fingerprint density at radius 2 is 1.09 bits per heavy atom. The number of nitrogens with two attached hydrogens (primary N) is 1. The Bertz CT molecular complexity index is 2020. The highest BCUT2D eigenvalue weighted by atomic mass is 16.5. The Morgan fingerprint density at radius 1 is 0.595 bits per heavy atom. The summed E-state index contributed by atoms with van der Waals surface area (Å²) in [6.07, 6.45) is 1.55. The number of hydrogen-bond donors (Lipinski definition) is 13. The fraction of sp³-hybridized carbons (Fsp3) is 0.796. The number of carbonyl (C=O) groups is 11. The molecule has 25 heteroatoms. The SMILES string of the molecule is CCCCCCC[C@@H](O)CC(=O)N[C@@H](CC(C)C)C(=O)N[C@H](CCC(N)=O)C(=O)N[C@H]1C(=O)N[C@H](C(C)C)C(=O)N[C@H](CC(C)C)C(=O)N[C@H](CO)C(=O)N[C@@H](CC(C)C)C(=O)N[C@H](CO)C(=O)N[C@@H]([C@@H](C)CC)C(=O)O[C@@H]1C. The second-order valence-corrected chi connectivity index (χ2v) is 22.5. The van der Waals surface area contributed by atoms with Crippen LogP contribution in [0.15, 0.2) is 0 Å². The normalized spacial score (nSPS) is 24.0. The van der Waals surface area contributed by atoms with Gasteiger partial charge in [0.05, 0.1) is 25.7 Å². The minimum Gasteiger partial charge on any atom is -0.458 e. The number of carbonyl (C=O) groups excluding carboxylic acids is 11. The molecule has 0 aliphatic carbocycles. The minimum atomic E-state index is -1.92. The summed E-state index contributed by atoms with van der Waals surface area (Å²) in [6.45, 7) is 18.3. The van der Waals surface area contributed by atoms with Gasteiger partial charge in [-0.1, -0.05) is 115 Å². The maximum Gasteiger partial charge on any atom is 0.329 e. The van der Waals surface area contributed by atoms with Crippen LogP contribution in [0.1, 0.15) is 167 Å². The molecule has 79 heavy (non-hydrogen) atoms. The third kappa shape index (κ3) is 26.3. The van der Waals surface area contributed by atoms with Gasteiger partial charge in [-0.05, 0) is 68.6 Å². The number of rotatable bonds is 27. The molecule has 0 aromatic carbocycles. The lowest BCUT2D eigenvalue weighted by Crippen LogP contribution is -2.64. The predicted molar refractivity (Wildman–Crippen MR) is 292 cm³/mol. The first kappa shape index (κ1) is 71.1. The molecule has 0 aromatic rings. The molecule has 0 unspecified atom stereocenters. The molecular formula is C54H96N10O15. The van der Waals surface area contributed by atoms with Crippen LogP contribution in [0.25, 0.3) is 0 Å². The number of aliphatic hydroxyl groups excluding tert-OH is 3. The highest BCUT2D eigenvalue weighted by Crippen LogP contribution is 2.17. The van der Waals surface area contributed by atoms with E-state index in [1.165, 1.54) is 6.92 Å². The van der Waals surface area contributed by atoms with Crippen molar-refractivity contribution in [3.05, 3.63) is 0 Å². The van der Waals surface area contributed by atoms with Crippen molar-refractivity contribution < 1.29 is 72.8 Å². The molecule has 1 rings (SSSR count). The molecule has 1 heterocycles. The summed E-state index contributed by atoms with van der Waals surface area (Å²) in [7, 11) is 0. The number of unbranched alkanes of at least 4 members (excludes halogenated alkanes) is 4. The first-order valence-corrected chi connectivity index (χ1v) is 28.1. The summed E-state index contributed by atoms with van der Waals surface area (Å²) in [5, 5.41) is 54.0. The van der Waals surface area contributed by atoms with Crippen LogP contribution in [0.3, 0.4) is 0 Å². The Morgan fingerprint density at radius 3 is 1.57 bits per heavy atom. The molecule has 0 saturated carbocycles. The van der Waals surface area contributed by atoms with E-state index in [1.54, 1.807) is 69.2 Å². The van der Waals surface area contributed by atoms with Crippen LogP contribution in [0, 0.1) is 29.6 Å². The second kappa shape index (κ2) is 36.3. The first-order valence-electron chi connectivity index (χ1n) is 28.1. The zero-order chi connectivity index (χ0) is 60.3. The smallest absolute Gasteiger partial charge is 0.329 e. The Hall–Kier alpha value is -5.95. The third-order valence-corrected chi connectivity index (χ3v) is 13.4. The largest absolute Gasteiger partial charge is 0.458 e. The van der Waals surface area contributed by atoms with Crippen molar-refractivity contribution >= 4 is 65.0 Å². The fourth-order valence-corrected chi connectivity index (χ4v) is 8.63. The van der Waals surface area contributed by atoms with E-state index in [1.807, 2.05) is 0 Å². The maximum absolute atomic E-state index is 14.7. The molecule has 0 spiro atoms. The lowest BCUT2D eigenvalue weighted by molar-refractivity contribution is -0.157. The lowest BCUT2D eigenvalue weighted by Gasteiger charge is -2.32. The van der Waals surface area contributed by atoms with Gasteiger partial charge in [-0.2, -0.15) is 0 Å². The van der Waals surface area contributed by atoms with Crippen molar-refractivity contribution in [3.8, 4) is 0 Å². The van der Waals surface area contributed by atoms with E-state index in [0.717, 1.165) is 25.7 Å². The molecule has 0 bridgehead atoms. The average Bonchev–Trinajstić information content (AvgIpc) is 3.36. The third-order valence-electron chi connectivity index (χ3n) is 13.4. The molecule has 14 N–H and O–H groups in total. The molecule has 1 aliphatic rings. The molecule has 452 valence electrons. The van der Waals surface area contributed by atoms with Crippen LogP contribution in [0.2, 0.25) is 0 Å². The molecular weight excluding hydrogens is 1030 g/mol.